The molecule has 0 aliphatic heterocycles. The number of benzene rings is 5. The maximum atomic E-state index is 6.13. The van der Waals surface area contributed by atoms with Gasteiger partial charge in [0.15, 0.2) is 0 Å². The minimum absolute atomic E-state index is 0.631. The first kappa shape index (κ1) is 26.5. The number of rotatable bonds is 10. The third-order valence-electron chi connectivity index (χ3n) is 6.25. The van der Waals surface area contributed by atoms with Crippen LogP contribution in [0.3, 0.4) is 0 Å². The zero-order valence-corrected chi connectivity index (χ0v) is 22.8. The molecule has 0 aliphatic rings. The highest BCUT2D eigenvalue weighted by Gasteiger charge is 2.10. The van der Waals surface area contributed by atoms with E-state index in [1.54, 1.807) is 14.2 Å². The monoisotopic (exact) mass is 534 g/mol. The topological polar surface area (TPSA) is 55.4 Å². The van der Waals surface area contributed by atoms with Gasteiger partial charge in [-0.15, -0.1) is 0 Å². The van der Waals surface area contributed by atoms with E-state index in [1.165, 1.54) is 0 Å². The van der Waals surface area contributed by atoms with Gasteiger partial charge in [0.2, 0.25) is 0 Å². The number of ether oxygens (including phenoxy) is 6. The number of hydrogen-bond acceptors (Lipinski definition) is 6. The van der Waals surface area contributed by atoms with Crippen LogP contribution < -0.4 is 28.4 Å². The molecule has 5 aromatic carbocycles. The van der Waals surface area contributed by atoms with E-state index in [0.717, 1.165) is 34.1 Å². The van der Waals surface area contributed by atoms with Gasteiger partial charge in [0.05, 0.1) is 14.2 Å². The molecular weight excluding hydrogens is 504 g/mol. The van der Waals surface area contributed by atoms with Gasteiger partial charge in [0.25, 0.3) is 0 Å². The zero-order valence-electron chi connectivity index (χ0n) is 22.8. The van der Waals surface area contributed by atoms with E-state index >= 15 is 0 Å². The van der Waals surface area contributed by atoms with Crippen molar-refractivity contribution in [1.29, 1.82) is 0 Å². The molecule has 0 atom stereocenters. The Hall–Kier alpha value is -5.10. The van der Waals surface area contributed by atoms with Gasteiger partial charge in [-0.2, -0.15) is 0 Å². The lowest BCUT2D eigenvalue weighted by Crippen LogP contribution is -1.93. The molecule has 0 unspecified atom stereocenters. The van der Waals surface area contributed by atoms with E-state index in [4.69, 9.17) is 28.4 Å². The summed E-state index contributed by atoms with van der Waals surface area (Å²) in [6, 6.07) is 33.8. The molecule has 6 heteroatoms. The molecule has 0 bridgehead atoms. The summed E-state index contributed by atoms with van der Waals surface area (Å²) in [7, 11) is 3.29. The van der Waals surface area contributed by atoms with Crippen molar-refractivity contribution in [1.82, 2.24) is 0 Å². The molecule has 6 nitrogen and oxygen atoms in total. The van der Waals surface area contributed by atoms with Crippen LogP contribution in [0.1, 0.15) is 11.1 Å². The number of methoxy groups -OCH3 is 2. The summed E-state index contributed by atoms with van der Waals surface area (Å²) in [4.78, 5) is 0. The Morgan fingerprint density at radius 1 is 0.350 bits per heavy atom. The molecule has 0 spiro atoms. The number of hydrogen-bond donors (Lipinski definition) is 0. The molecular formula is C34H30O6. The highest BCUT2D eigenvalue weighted by atomic mass is 16.5. The molecule has 40 heavy (non-hydrogen) atoms. The summed E-state index contributed by atoms with van der Waals surface area (Å²) in [6.45, 7) is 3.92. The van der Waals surface area contributed by atoms with Gasteiger partial charge in [-0.1, -0.05) is 30.3 Å². The van der Waals surface area contributed by atoms with Crippen LogP contribution >= 0.6 is 0 Å². The highest BCUT2D eigenvalue weighted by molar-refractivity contribution is 5.49. The molecule has 202 valence electrons. The molecule has 0 heterocycles. The minimum Gasteiger partial charge on any atom is -0.496 e. The highest BCUT2D eigenvalue weighted by Crippen LogP contribution is 2.36. The van der Waals surface area contributed by atoms with Gasteiger partial charge in [0, 0.05) is 29.3 Å². The van der Waals surface area contributed by atoms with Crippen LogP contribution in [0.15, 0.2) is 109 Å². The fraction of sp³-hybridized carbons (Fsp3) is 0.118. The summed E-state index contributed by atoms with van der Waals surface area (Å²) >= 11 is 0. The van der Waals surface area contributed by atoms with Crippen LogP contribution in [-0.2, 0) is 0 Å². The largest absolute Gasteiger partial charge is 0.496 e. The predicted molar refractivity (Wildman–Crippen MR) is 155 cm³/mol. The second kappa shape index (κ2) is 12.2. The van der Waals surface area contributed by atoms with Gasteiger partial charge in [-0.3, -0.25) is 0 Å². The summed E-state index contributed by atoms with van der Waals surface area (Å²) in [5, 5.41) is 0. The Morgan fingerprint density at radius 3 is 0.950 bits per heavy atom. The van der Waals surface area contributed by atoms with Gasteiger partial charge in [0.1, 0.15) is 57.5 Å². The Kier molecular flexibility index (Phi) is 8.07. The predicted octanol–water partition coefficient (Wildman–Crippen LogP) is 9.49. The van der Waals surface area contributed by atoms with Crippen LogP contribution in [-0.4, -0.2) is 14.2 Å². The quantitative estimate of drug-likeness (QED) is 0.178. The average molecular weight is 535 g/mol. The van der Waals surface area contributed by atoms with Crippen molar-refractivity contribution >= 4 is 0 Å². The van der Waals surface area contributed by atoms with Crippen molar-refractivity contribution in [3.8, 4) is 57.5 Å². The van der Waals surface area contributed by atoms with Crippen LogP contribution in [0.2, 0.25) is 0 Å². The first-order chi connectivity index (χ1) is 19.5. The van der Waals surface area contributed by atoms with Gasteiger partial charge in [-0.05, 0) is 74.5 Å². The first-order valence-corrected chi connectivity index (χ1v) is 12.8. The van der Waals surface area contributed by atoms with Crippen LogP contribution in [0.5, 0.6) is 57.5 Å². The summed E-state index contributed by atoms with van der Waals surface area (Å²) in [5.74, 6) is 6.84. The van der Waals surface area contributed by atoms with E-state index in [0.29, 0.717) is 34.5 Å². The van der Waals surface area contributed by atoms with Crippen molar-refractivity contribution in [3.63, 3.8) is 0 Å². The van der Waals surface area contributed by atoms with Crippen molar-refractivity contribution in [2.75, 3.05) is 14.2 Å². The summed E-state index contributed by atoms with van der Waals surface area (Å²) in [6.07, 6.45) is 0. The van der Waals surface area contributed by atoms with Crippen LogP contribution in [0, 0.1) is 13.8 Å². The first-order valence-electron chi connectivity index (χ1n) is 12.8. The fourth-order valence-corrected chi connectivity index (χ4v) is 4.18. The smallest absolute Gasteiger partial charge is 0.134 e. The fourth-order valence-electron chi connectivity index (χ4n) is 4.18. The molecule has 0 amide bonds. The van der Waals surface area contributed by atoms with Gasteiger partial charge >= 0.3 is 0 Å². The lowest BCUT2D eigenvalue weighted by atomic mass is 10.2. The second-order valence-electron chi connectivity index (χ2n) is 9.00. The second-order valence-corrected chi connectivity index (χ2v) is 9.00. The Labute approximate surface area is 234 Å². The molecule has 0 aliphatic carbocycles. The SMILES string of the molecule is COc1cccc(Oc2cccc(Oc3cccc(Oc4cccc(Oc5cccc(OC)c5C)c4)c3)c2)c1C. The zero-order chi connectivity index (χ0) is 27.9. The standard InChI is InChI=1S/C34H30O6/c1-23-31(35-3)16-8-18-33(23)39-29-14-6-12-27(21-29)37-25-10-5-11-26(20-25)38-28-13-7-15-30(22-28)40-34-19-9-17-32(36-4)24(34)2/h5-22H,1-4H3. The summed E-state index contributed by atoms with van der Waals surface area (Å²) < 4.78 is 35.3. The normalized spacial score (nSPS) is 10.5. The van der Waals surface area contributed by atoms with E-state index < -0.39 is 0 Å². The lowest BCUT2D eigenvalue weighted by molar-refractivity contribution is 0.404. The maximum Gasteiger partial charge on any atom is 0.134 e. The Morgan fingerprint density at radius 2 is 0.625 bits per heavy atom. The molecule has 0 aromatic heterocycles. The molecule has 0 N–H and O–H groups in total. The van der Waals surface area contributed by atoms with Gasteiger partial charge < -0.3 is 28.4 Å². The van der Waals surface area contributed by atoms with Crippen molar-refractivity contribution < 1.29 is 28.4 Å². The Bertz CT molecular complexity index is 1490. The van der Waals surface area contributed by atoms with E-state index in [9.17, 15) is 0 Å². The van der Waals surface area contributed by atoms with Crippen molar-refractivity contribution in [2.45, 2.75) is 13.8 Å². The molecule has 0 saturated carbocycles. The lowest BCUT2D eigenvalue weighted by Gasteiger charge is -2.14. The van der Waals surface area contributed by atoms with E-state index in [1.807, 2.05) is 123 Å². The molecule has 5 aromatic rings. The minimum atomic E-state index is 0.631. The molecule has 5 rings (SSSR count). The average Bonchev–Trinajstić information content (AvgIpc) is 2.96. The van der Waals surface area contributed by atoms with Gasteiger partial charge in [-0.25, -0.2) is 0 Å². The van der Waals surface area contributed by atoms with E-state index in [2.05, 4.69) is 0 Å². The third-order valence-corrected chi connectivity index (χ3v) is 6.25. The third kappa shape index (κ3) is 6.30. The Balaban J connectivity index is 1.27. The van der Waals surface area contributed by atoms with Crippen LogP contribution in [0.4, 0.5) is 0 Å². The van der Waals surface area contributed by atoms with E-state index in [-0.39, 0.29) is 0 Å². The maximum absolute atomic E-state index is 6.13. The summed E-state index contributed by atoms with van der Waals surface area (Å²) in [5.41, 5.74) is 1.85. The van der Waals surface area contributed by atoms with Crippen LogP contribution in [0.25, 0.3) is 0 Å². The molecule has 0 radical (unpaired) electrons. The molecule has 0 saturated heterocycles. The van der Waals surface area contributed by atoms with Crippen molar-refractivity contribution in [3.05, 3.63) is 120 Å². The van der Waals surface area contributed by atoms with Crippen molar-refractivity contribution in [2.24, 2.45) is 0 Å². The molecule has 0 fully saturated rings.